The standard InChI is InChI=1S/C14H20N4/c1-9(2)18(8-10-3-4-10)14-6-13-11(5-12(14)15)7-16-17-13/h5-7,9-10H,3-4,8,15H2,1-2H3,(H,16,17). The fraction of sp³-hybridized carbons (Fsp3) is 0.500. The Kier molecular flexibility index (Phi) is 2.65. The van der Waals surface area contributed by atoms with Gasteiger partial charge in [-0.05, 0) is 44.7 Å². The van der Waals surface area contributed by atoms with Gasteiger partial charge in [0.25, 0.3) is 0 Å². The zero-order chi connectivity index (χ0) is 12.7. The van der Waals surface area contributed by atoms with Crippen molar-refractivity contribution in [1.82, 2.24) is 10.2 Å². The van der Waals surface area contributed by atoms with Crippen molar-refractivity contribution in [2.75, 3.05) is 17.2 Å². The first-order chi connectivity index (χ1) is 8.65. The summed E-state index contributed by atoms with van der Waals surface area (Å²) in [5.41, 5.74) is 9.23. The summed E-state index contributed by atoms with van der Waals surface area (Å²) in [4.78, 5) is 2.41. The molecule has 0 aliphatic heterocycles. The van der Waals surface area contributed by atoms with Gasteiger partial charge in [-0.25, -0.2) is 0 Å². The van der Waals surface area contributed by atoms with Crippen molar-refractivity contribution >= 4 is 22.3 Å². The lowest BCUT2D eigenvalue weighted by atomic mass is 10.1. The van der Waals surface area contributed by atoms with Crippen LogP contribution in [0.3, 0.4) is 0 Å². The van der Waals surface area contributed by atoms with Gasteiger partial charge in [0.1, 0.15) is 0 Å². The molecule has 0 radical (unpaired) electrons. The summed E-state index contributed by atoms with van der Waals surface area (Å²) in [7, 11) is 0. The lowest BCUT2D eigenvalue weighted by molar-refractivity contribution is 0.646. The predicted octanol–water partition coefficient (Wildman–Crippen LogP) is 2.77. The Labute approximate surface area is 107 Å². The van der Waals surface area contributed by atoms with E-state index in [1.54, 1.807) is 0 Å². The van der Waals surface area contributed by atoms with Crippen molar-refractivity contribution in [2.24, 2.45) is 5.92 Å². The van der Waals surface area contributed by atoms with E-state index in [1.165, 1.54) is 12.8 Å². The van der Waals surface area contributed by atoms with Crippen LogP contribution in [0.1, 0.15) is 26.7 Å². The number of benzene rings is 1. The van der Waals surface area contributed by atoms with Crippen LogP contribution in [-0.4, -0.2) is 22.8 Å². The van der Waals surface area contributed by atoms with Crippen molar-refractivity contribution in [2.45, 2.75) is 32.7 Å². The number of hydrogen-bond acceptors (Lipinski definition) is 3. The van der Waals surface area contributed by atoms with Gasteiger partial charge in [0.15, 0.2) is 0 Å². The second-order valence-electron chi connectivity index (χ2n) is 5.56. The maximum atomic E-state index is 6.20. The summed E-state index contributed by atoms with van der Waals surface area (Å²) in [5.74, 6) is 0.851. The number of fused-ring (bicyclic) bond motifs is 1. The average Bonchev–Trinajstić information content (AvgIpc) is 3.03. The number of nitrogens with two attached hydrogens (primary N) is 1. The molecule has 1 aromatic carbocycles. The van der Waals surface area contributed by atoms with Crippen LogP contribution in [0, 0.1) is 5.92 Å². The Hall–Kier alpha value is -1.71. The molecule has 0 atom stereocenters. The van der Waals surface area contributed by atoms with Crippen molar-refractivity contribution in [3.8, 4) is 0 Å². The highest BCUT2D eigenvalue weighted by atomic mass is 15.2. The normalized spacial score (nSPS) is 15.5. The summed E-state index contributed by atoms with van der Waals surface area (Å²) in [6.45, 7) is 5.56. The van der Waals surface area contributed by atoms with Gasteiger partial charge in [-0.3, -0.25) is 5.10 Å². The van der Waals surface area contributed by atoms with E-state index in [4.69, 9.17) is 5.73 Å². The van der Waals surface area contributed by atoms with Crippen molar-refractivity contribution in [3.63, 3.8) is 0 Å². The lowest BCUT2D eigenvalue weighted by Gasteiger charge is -2.30. The molecule has 1 heterocycles. The fourth-order valence-corrected chi connectivity index (χ4v) is 2.41. The number of nitrogen functional groups attached to an aromatic ring is 1. The quantitative estimate of drug-likeness (QED) is 0.813. The largest absolute Gasteiger partial charge is 0.397 e. The van der Waals surface area contributed by atoms with Crippen LogP contribution >= 0.6 is 0 Å². The summed E-state index contributed by atoms with van der Waals surface area (Å²) in [6, 6.07) is 4.60. The van der Waals surface area contributed by atoms with Crippen molar-refractivity contribution < 1.29 is 0 Å². The number of rotatable bonds is 4. The average molecular weight is 244 g/mol. The molecule has 3 rings (SSSR count). The Morgan fingerprint density at radius 3 is 2.89 bits per heavy atom. The van der Waals surface area contributed by atoms with E-state index >= 15 is 0 Å². The molecule has 96 valence electrons. The molecule has 4 heteroatoms. The highest BCUT2D eigenvalue weighted by molar-refractivity contribution is 5.89. The van der Waals surface area contributed by atoms with Crippen LogP contribution in [0.5, 0.6) is 0 Å². The van der Waals surface area contributed by atoms with Gasteiger partial charge >= 0.3 is 0 Å². The second-order valence-corrected chi connectivity index (χ2v) is 5.56. The smallest absolute Gasteiger partial charge is 0.0672 e. The minimum Gasteiger partial charge on any atom is -0.397 e. The highest BCUT2D eigenvalue weighted by Crippen LogP contribution is 2.35. The number of hydrogen-bond donors (Lipinski definition) is 2. The lowest BCUT2D eigenvalue weighted by Crippen LogP contribution is -2.33. The molecule has 0 unspecified atom stereocenters. The molecule has 3 N–H and O–H groups in total. The monoisotopic (exact) mass is 244 g/mol. The molecule has 1 fully saturated rings. The van der Waals surface area contributed by atoms with Gasteiger partial charge in [0.2, 0.25) is 0 Å². The van der Waals surface area contributed by atoms with E-state index < -0.39 is 0 Å². The van der Waals surface area contributed by atoms with E-state index in [-0.39, 0.29) is 0 Å². The number of nitrogens with one attached hydrogen (secondary N) is 1. The Bertz CT molecular complexity index is 554. The zero-order valence-corrected chi connectivity index (χ0v) is 11.0. The van der Waals surface area contributed by atoms with Gasteiger partial charge in [0.05, 0.1) is 23.1 Å². The summed E-state index contributed by atoms with van der Waals surface area (Å²) < 4.78 is 0. The maximum Gasteiger partial charge on any atom is 0.0672 e. The van der Waals surface area contributed by atoms with Crippen LogP contribution < -0.4 is 10.6 Å². The van der Waals surface area contributed by atoms with Crippen LogP contribution in [0.2, 0.25) is 0 Å². The predicted molar refractivity (Wildman–Crippen MR) is 75.7 cm³/mol. The highest BCUT2D eigenvalue weighted by Gasteiger charge is 2.26. The molecule has 1 aliphatic carbocycles. The van der Waals surface area contributed by atoms with E-state index in [2.05, 4.69) is 35.0 Å². The van der Waals surface area contributed by atoms with E-state index in [9.17, 15) is 0 Å². The van der Waals surface area contributed by atoms with E-state index in [0.717, 1.165) is 34.7 Å². The summed E-state index contributed by atoms with van der Waals surface area (Å²) in [6.07, 6.45) is 4.53. The first-order valence-corrected chi connectivity index (χ1v) is 6.64. The summed E-state index contributed by atoms with van der Waals surface area (Å²) >= 11 is 0. The Morgan fingerprint density at radius 2 is 2.22 bits per heavy atom. The molecule has 1 aromatic heterocycles. The van der Waals surface area contributed by atoms with E-state index in [1.807, 2.05) is 12.3 Å². The van der Waals surface area contributed by atoms with Crippen LogP contribution in [0.15, 0.2) is 18.3 Å². The molecule has 1 saturated carbocycles. The molecule has 0 amide bonds. The third-order valence-corrected chi connectivity index (χ3v) is 3.67. The van der Waals surface area contributed by atoms with Crippen LogP contribution in [-0.2, 0) is 0 Å². The van der Waals surface area contributed by atoms with Gasteiger partial charge in [-0.2, -0.15) is 5.10 Å². The summed E-state index contributed by atoms with van der Waals surface area (Å²) in [5, 5.41) is 8.15. The fourth-order valence-electron chi connectivity index (χ4n) is 2.41. The Morgan fingerprint density at radius 1 is 1.44 bits per heavy atom. The number of H-pyrrole nitrogens is 1. The third kappa shape index (κ3) is 2.03. The third-order valence-electron chi connectivity index (χ3n) is 3.67. The topological polar surface area (TPSA) is 57.9 Å². The van der Waals surface area contributed by atoms with E-state index in [0.29, 0.717) is 6.04 Å². The molecule has 4 nitrogen and oxygen atoms in total. The van der Waals surface area contributed by atoms with Gasteiger partial charge in [-0.1, -0.05) is 0 Å². The van der Waals surface area contributed by atoms with Crippen molar-refractivity contribution in [1.29, 1.82) is 0 Å². The zero-order valence-electron chi connectivity index (χ0n) is 11.0. The number of aromatic nitrogens is 2. The molecule has 0 bridgehead atoms. The number of aromatic amines is 1. The minimum atomic E-state index is 0.466. The molecule has 0 saturated heterocycles. The molecule has 18 heavy (non-hydrogen) atoms. The minimum absolute atomic E-state index is 0.466. The molecule has 2 aromatic rings. The molecule has 1 aliphatic rings. The molecular formula is C14H20N4. The van der Waals surface area contributed by atoms with Gasteiger partial charge in [0, 0.05) is 18.0 Å². The second kappa shape index (κ2) is 4.19. The first kappa shape index (κ1) is 11.4. The number of anilines is 2. The maximum absolute atomic E-state index is 6.20. The van der Waals surface area contributed by atoms with Crippen LogP contribution in [0.4, 0.5) is 11.4 Å². The Balaban J connectivity index is 2.00. The first-order valence-electron chi connectivity index (χ1n) is 6.64. The van der Waals surface area contributed by atoms with Gasteiger partial charge < -0.3 is 10.6 Å². The molecule has 0 spiro atoms. The molecular weight excluding hydrogens is 224 g/mol. The SMILES string of the molecule is CC(C)N(CC1CC1)c1cc2[nH]ncc2cc1N. The van der Waals surface area contributed by atoms with Crippen LogP contribution in [0.25, 0.3) is 10.9 Å². The van der Waals surface area contributed by atoms with Crippen molar-refractivity contribution in [3.05, 3.63) is 18.3 Å². The van der Waals surface area contributed by atoms with Gasteiger partial charge in [-0.15, -0.1) is 0 Å². The number of nitrogens with zero attached hydrogens (tertiary/aromatic N) is 2.